The van der Waals surface area contributed by atoms with E-state index in [9.17, 15) is 9.50 Å². The third-order valence-corrected chi connectivity index (χ3v) is 3.53. The summed E-state index contributed by atoms with van der Waals surface area (Å²) in [5, 5.41) is 10.7. The van der Waals surface area contributed by atoms with Crippen LogP contribution in [0.25, 0.3) is 0 Å². The molecule has 0 radical (unpaired) electrons. The topological polar surface area (TPSA) is 29.5 Å². The molecule has 106 valence electrons. The molecule has 0 saturated carbocycles. The van der Waals surface area contributed by atoms with Crippen LogP contribution in [-0.2, 0) is 12.0 Å². The normalized spacial score (nSPS) is 13.8. The third-order valence-electron chi connectivity index (χ3n) is 3.53. The fourth-order valence-electron chi connectivity index (χ4n) is 2.29. The van der Waals surface area contributed by atoms with Crippen LogP contribution in [0, 0.1) is 12.7 Å². The van der Waals surface area contributed by atoms with E-state index in [0.29, 0.717) is 12.2 Å². The fourth-order valence-corrected chi connectivity index (χ4v) is 2.29. The van der Waals surface area contributed by atoms with Crippen LogP contribution >= 0.6 is 0 Å². The van der Waals surface area contributed by atoms with Crippen molar-refractivity contribution in [2.75, 3.05) is 7.11 Å². The van der Waals surface area contributed by atoms with E-state index in [4.69, 9.17) is 4.74 Å². The molecule has 0 saturated heterocycles. The standard InChI is InChI=1S/C17H19FO2/c1-12-9-15(18)8-7-13(12)11-17(2,19)14-5-4-6-16(10-14)20-3/h4-10,19H,11H2,1-3H3. The maximum atomic E-state index is 13.1. The number of rotatable bonds is 4. The smallest absolute Gasteiger partial charge is 0.123 e. The highest BCUT2D eigenvalue weighted by atomic mass is 19.1. The van der Waals surface area contributed by atoms with E-state index >= 15 is 0 Å². The third kappa shape index (κ3) is 3.17. The molecular weight excluding hydrogens is 255 g/mol. The van der Waals surface area contributed by atoms with Crippen LogP contribution < -0.4 is 4.74 Å². The molecule has 0 spiro atoms. The van der Waals surface area contributed by atoms with Crippen molar-refractivity contribution in [1.29, 1.82) is 0 Å². The second kappa shape index (κ2) is 5.63. The van der Waals surface area contributed by atoms with Crippen LogP contribution in [0.4, 0.5) is 4.39 Å². The summed E-state index contributed by atoms with van der Waals surface area (Å²) in [5.41, 5.74) is 1.52. The van der Waals surface area contributed by atoms with Crippen molar-refractivity contribution in [2.45, 2.75) is 25.9 Å². The first-order valence-electron chi connectivity index (χ1n) is 6.54. The SMILES string of the molecule is COc1cccc(C(C)(O)Cc2ccc(F)cc2C)c1. The van der Waals surface area contributed by atoms with E-state index in [-0.39, 0.29) is 5.82 Å². The minimum Gasteiger partial charge on any atom is -0.497 e. The van der Waals surface area contributed by atoms with Crippen LogP contribution in [0.3, 0.4) is 0 Å². The van der Waals surface area contributed by atoms with Crippen LogP contribution in [0.1, 0.15) is 23.6 Å². The number of ether oxygens (including phenoxy) is 1. The zero-order chi connectivity index (χ0) is 14.8. The lowest BCUT2D eigenvalue weighted by molar-refractivity contribution is 0.0572. The molecule has 2 aromatic rings. The number of hydrogen-bond donors (Lipinski definition) is 1. The van der Waals surface area contributed by atoms with Crippen molar-refractivity contribution in [2.24, 2.45) is 0 Å². The number of hydrogen-bond acceptors (Lipinski definition) is 2. The molecule has 1 atom stereocenters. The van der Waals surface area contributed by atoms with Gasteiger partial charge in [-0.3, -0.25) is 0 Å². The molecule has 0 aliphatic heterocycles. The summed E-state index contributed by atoms with van der Waals surface area (Å²) in [6.07, 6.45) is 0.423. The van der Waals surface area contributed by atoms with Gasteiger partial charge in [-0.05, 0) is 54.8 Å². The van der Waals surface area contributed by atoms with Gasteiger partial charge in [-0.2, -0.15) is 0 Å². The fraction of sp³-hybridized carbons (Fsp3) is 0.294. The Morgan fingerprint density at radius 3 is 2.60 bits per heavy atom. The summed E-state index contributed by atoms with van der Waals surface area (Å²) < 4.78 is 18.3. The Hall–Kier alpha value is -1.87. The van der Waals surface area contributed by atoms with E-state index in [1.54, 1.807) is 20.1 Å². The quantitative estimate of drug-likeness (QED) is 0.923. The van der Waals surface area contributed by atoms with Gasteiger partial charge in [-0.1, -0.05) is 18.2 Å². The Morgan fingerprint density at radius 2 is 1.95 bits per heavy atom. The second-order valence-electron chi connectivity index (χ2n) is 5.25. The highest BCUT2D eigenvalue weighted by Crippen LogP contribution is 2.29. The first kappa shape index (κ1) is 14.5. The van der Waals surface area contributed by atoms with Crippen molar-refractivity contribution in [3.05, 3.63) is 65.0 Å². The number of aryl methyl sites for hydroxylation is 1. The van der Waals surface area contributed by atoms with Gasteiger partial charge in [-0.15, -0.1) is 0 Å². The maximum absolute atomic E-state index is 13.1. The van der Waals surface area contributed by atoms with Gasteiger partial charge < -0.3 is 9.84 Å². The van der Waals surface area contributed by atoms with E-state index in [1.807, 2.05) is 31.2 Å². The Morgan fingerprint density at radius 1 is 1.20 bits per heavy atom. The van der Waals surface area contributed by atoms with Crippen molar-refractivity contribution >= 4 is 0 Å². The van der Waals surface area contributed by atoms with Gasteiger partial charge in [0.15, 0.2) is 0 Å². The Balaban J connectivity index is 2.29. The average molecular weight is 274 g/mol. The van der Waals surface area contributed by atoms with Crippen molar-refractivity contribution in [1.82, 2.24) is 0 Å². The summed E-state index contributed by atoms with van der Waals surface area (Å²) in [5.74, 6) is 0.450. The highest BCUT2D eigenvalue weighted by molar-refractivity contribution is 5.35. The Kier molecular flexibility index (Phi) is 4.09. The van der Waals surface area contributed by atoms with E-state index < -0.39 is 5.60 Å². The van der Waals surface area contributed by atoms with Crippen LogP contribution in [-0.4, -0.2) is 12.2 Å². The van der Waals surface area contributed by atoms with E-state index in [0.717, 1.165) is 16.7 Å². The van der Waals surface area contributed by atoms with Crippen molar-refractivity contribution in [3.8, 4) is 5.75 Å². The van der Waals surface area contributed by atoms with Gasteiger partial charge in [0.1, 0.15) is 11.6 Å². The van der Waals surface area contributed by atoms with Crippen LogP contribution in [0.5, 0.6) is 5.75 Å². The number of aliphatic hydroxyl groups is 1. The molecule has 0 bridgehead atoms. The van der Waals surface area contributed by atoms with Crippen molar-refractivity contribution in [3.63, 3.8) is 0 Å². The lowest BCUT2D eigenvalue weighted by Gasteiger charge is -2.25. The predicted octanol–water partition coefficient (Wildman–Crippen LogP) is 3.59. The first-order valence-corrected chi connectivity index (χ1v) is 6.54. The van der Waals surface area contributed by atoms with Crippen LogP contribution in [0.15, 0.2) is 42.5 Å². The zero-order valence-electron chi connectivity index (χ0n) is 12.0. The average Bonchev–Trinajstić information content (AvgIpc) is 2.42. The molecular formula is C17H19FO2. The molecule has 2 rings (SSSR count). The van der Waals surface area contributed by atoms with E-state index in [2.05, 4.69) is 0 Å². The molecule has 20 heavy (non-hydrogen) atoms. The molecule has 0 aliphatic rings. The van der Waals surface area contributed by atoms with E-state index in [1.165, 1.54) is 12.1 Å². The highest BCUT2D eigenvalue weighted by Gasteiger charge is 2.24. The summed E-state index contributed by atoms with van der Waals surface area (Å²) >= 11 is 0. The lowest BCUT2D eigenvalue weighted by atomic mass is 9.87. The van der Waals surface area contributed by atoms with Gasteiger partial charge in [-0.25, -0.2) is 4.39 Å². The predicted molar refractivity (Wildman–Crippen MR) is 77.4 cm³/mol. The molecule has 0 aromatic heterocycles. The Labute approximate surface area is 118 Å². The minimum absolute atomic E-state index is 0.257. The molecule has 2 nitrogen and oxygen atoms in total. The lowest BCUT2D eigenvalue weighted by Crippen LogP contribution is -2.24. The largest absolute Gasteiger partial charge is 0.497 e. The molecule has 0 amide bonds. The number of methoxy groups -OCH3 is 1. The molecule has 3 heteroatoms. The van der Waals surface area contributed by atoms with Crippen molar-refractivity contribution < 1.29 is 14.2 Å². The molecule has 1 unspecified atom stereocenters. The Bertz CT molecular complexity index is 606. The zero-order valence-corrected chi connectivity index (χ0v) is 12.0. The summed E-state index contributed by atoms with van der Waals surface area (Å²) in [4.78, 5) is 0. The molecule has 1 N–H and O–H groups in total. The van der Waals surface area contributed by atoms with Gasteiger partial charge in [0.2, 0.25) is 0 Å². The van der Waals surface area contributed by atoms with Gasteiger partial charge in [0, 0.05) is 6.42 Å². The molecule has 0 heterocycles. The minimum atomic E-state index is -1.03. The first-order chi connectivity index (χ1) is 9.42. The monoisotopic (exact) mass is 274 g/mol. The summed E-state index contributed by atoms with van der Waals surface area (Å²) in [6.45, 7) is 3.60. The summed E-state index contributed by atoms with van der Waals surface area (Å²) in [7, 11) is 1.60. The molecule has 0 aliphatic carbocycles. The van der Waals surface area contributed by atoms with Gasteiger partial charge in [0.25, 0.3) is 0 Å². The maximum Gasteiger partial charge on any atom is 0.123 e. The van der Waals surface area contributed by atoms with Gasteiger partial charge >= 0.3 is 0 Å². The van der Waals surface area contributed by atoms with Gasteiger partial charge in [0.05, 0.1) is 12.7 Å². The van der Waals surface area contributed by atoms with Crippen LogP contribution in [0.2, 0.25) is 0 Å². The summed E-state index contributed by atoms with van der Waals surface area (Å²) in [6, 6.07) is 12.0. The number of benzene rings is 2. The number of halogens is 1. The molecule has 0 fully saturated rings. The second-order valence-corrected chi connectivity index (χ2v) is 5.25. The molecule has 2 aromatic carbocycles.